The Hall–Kier alpha value is -2.76. The number of nitrogens with one attached hydrogen (secondary N) is 1. The molecule has 0 aliphatic heterocycles. The van der Waals surface area contributed by atoms with E-state index in [1.54, 1.807) is 25.9 Å². The highest BCUT2D eigenvalue weighted by molar-refractivity contribution is 6.00. The van der Waals surface area contributed by atoms with Gasteiger partial charge in [0, 0.05) is 18.8 Å². The fourth-order valence-corrected chi connectivity index (χ4v) is 2.96. The number of hydrogen-bond donors (Lipinski definition) is 2. The van der Waals surface area contributed by atoms with Crippen LogP contribution in [0.5, 0.6) is 5.75 Å². The summed E-state index contributed by atoms with van der Waals surface area (Å²) in [5, 5.41) is 9.25. The number of carbonyl (C=O) groups is 2. The summed E-state index contributed by atoms with van der Waals surface area (Å²) in [6, 6.07) is 7.58. The number of carbonyl (C=O) groups excluding carboxylic acids is 1. The Morgan fingerprint density at radius 3 is 2.56 bits per heavy atom. The second kappa shape index (κ2) is 7.88. The van der Waals surface area contributed by atoms with E-state index in [0.29, 0.717) is 29.9 Å². The van der Waals surface area contributed by atoms with E-state index >= 15 is 0 Å². The quantitative estimate of drug-likeness (QED) is 0.806. The van der Waals surface area contributed by atoms with Gasteiger partial charge in [-0.2, -0.15) is 0 Å². The number of ether oxygens (including phenoxy) is 1. The Labute approximate surface area is 147 Å². The molecule has 0 aliphatic carbocycles. The van der Waals surface area contributed by atoms with Crippen molar-refractivity contribution in [3.63, 3.8) is 0 Å². The highest BCUT2D eigenvalue weighted by Gasteiger charge is 2.25. The molecule has 1 heterocycles. The molecule has 134 valence electrons. The molecule has 1 aromatic heterocycles. The zero-order valence-corrected chi connectivity index (χ0v) is 15.0. The third-order valence-corrected chi connectivity index (χ3v) is 4.15. The first-order chi connectivity index (χ1) is 11.9. The number of hydrogen-bond acceptors (Lipinski definition) is 3. The van der Waals surface area contributed by atoms with E-state index in [1.807, 2.05) is 31.2 Å². The number of aromatic nitrogens is 1. The van der Waals surface area contributed by atoms with E-state index in [9.17, 15) is 14.7 Å². The fraction of sp³-hybridized carbons (Fsp3) is 0.368. The van der Waals surface area contributed by atoms with E-state index in [0.717, 1.165) is 17.7 Å². The highest BCUT2D eigenvalue weighted by Crippen LogP contribution is 2.22. The Balaban J connectivity index is 2.33. The summed E-state index contributed by atoms with van der Waals surface area (Å²) in [7, 11) is 1.61. The maximum atomic E-state index is 13.1. The first kappa shape index (κ1) is 18.6. The van der Waals surface area contributed by atoms with E-state index in [4.69, 9.17) is 4.74 Å². The van der Waals surface area contributed by atoms with Gasteiger partial charge < -0.3 is 19.7 Å². The monoisotopic (exact) mass is 344 g/mol. The van der Waals surface area contributed by atoms with Crippen LogP contribution < -0.4 is 4.74 Å². The number of carboxylic acids is 1. The van der Waals surface area contributed by atoms with Gasteiger partial charge in [0.2, 0.25) is 0 Å². The van der Waals surface area contributed by atoms with E-state index in [-0.39, 0.29) is 11.6 Å². The minimum absolute atomic E-state index is 0.0682. The summed E-state index contributed by atoms with van der Waals surface area (Å²) in [6.07, 6.45) is 0.810. The lowest BCUT2D eigenvalue weighted by atomic mass is 10.1. The smallest absolute Gasteiger partial charge is 0.352 e. The molecule has 0 bridgehead atoms. The first-order valence-electron chi connectivity index (χ1n) is 8.23. The third-order valence-electron chi connectivity index (χ3n) is 4.15. The van der Waals surface area contributed by atoms with Gasteiger partial charge >= 0.3 is 5.97 Å². The molecule has 6 nitrogen and oxygen atoms in total. The van der Waals surface area contributed by atoms with Crippen molar-refractivity contribution >= 4 is 11.9 Å². The van der Waals surface area contributed by atoms with Crippen LogP contribution in [-0.2, 0) is 6.54 Å². The van der Waals surface area contributed by atoms with Gasteiger partial charge in [-0.05, 0) is 43.5 Å². The molecule has 0 aliphatic rings. The topological polar surface area (TPSA) is 82.6 Å². The summed E-state index contributed by atoms with van der Waals surface area (Å²) < 4.78 is 5.24. The number of aromatic carboxylic acids is 1. The Morgan fingerprint density at radius 1 is 1.28 bits per heavy atom. The minimum Gasteiger partial charge on any atom is -0.497 e. The second-order valence-electron chi connectivity index (χ2n) is 6.01. The van der Waals surface area contributed by atoms with Crippen LogP contribution in [0.1, 0.15) is 51.0 Å². The fourth-order valence-electron chi connectivity index (χ4n) is 2.96. The van der Waals surface area contributed by atoms with Crippen LogP contribution in [0, 0.1) is 13.8 Å². The molecule has 0 fully saturated rings. The molecule has 2 N–H and O–H groups in total. The van der Waals surface area contributed by atoms with E-state index in [2.05, 4.69) is 4.98 Å². The van der Waals surface area contributed by atoms with Crippen molar-refractivity contribution in [3.8, 4) is 5.75 Å². The Morgan fingerprint density at radius 2 is 2.00 bits per heavy atom. The molecule has 0 unspecified atom stereocenters. The van der Waals surface area contributed by atoms with Gasteiger partial charge in [-0.15, -0.1) is 0 Å². The van der Waals surface area contributed by atoms with Crippen LogP contribution >= 0.6 is 0 Å². The number of aromatic amines is 1. The highest BCUT2D eigenvalue weighted by atomic mass is 16.5. The molecule has 0 saturated heterocycles. The van der Waals surface area contributed by atoms with Gasteiger partial charge in [-0.3, -0.25) is 4.79 Å². The van der Waals surface area contributed by atoms with Gasteiger partial charge in [-0.1, -0.05) is 19.1 Å². The van der Waals surface area contributed by atoms with Gasteiger partial charge in [0.1, 0.15) is 11.4 Å². The zero-order valence-electron chi connectivity index (χ0n) is 15.0. The van der Waals surface area contributed by atoms with Gasteiger partial charge in [-0.25, -0.2) is 4.79 Å². The van der Waals surface area contributed by atoms with Crippen molar-refractivity contribution < 1.29 is 19.4 Å². The first-order valence-corrected chi connectivity index (χ1v) is 8.23. The van der Waals surface area contributed by atoms with Crippen LogP contribution in [0.25, 0.3) is 0 Å². The average Bonchev–Trinajstić information content (AvgIpc) is 2.89. The number of rotatable bonds is 7. The van der Waals surface area contributed by atoms with Crippen molar-refractivity contribution in [1.82, 2.24) is 9.88 Å². The molecular formula is C19H24N2O4. The molecule has 0 spiro atoms. The van der Waals surface area contributed by atoms with Crippen molar-refractivity contribution in [2.24, 2.45) is 0 Å². The zero-order chi connectivity index (χ0) is 18.6. The van der Waals surface area contributed by atoms with E-state index < -0.39 is 5.97 Å². The largest absolute Gasteiger partial charge is 0.497 e. The van der Waals surface area contributed by atoms with Crippen molar-refractivity contribution in [2.75, 3.05) is 13.7 Å². The van der Waals surface area contributed by atoms with Gasteiger partial charge in [0.25, 0.3) is 5.91 Å². The van der Waals surface area contributed by atoms with Crippen LogP contribution in [0.2, 0.25) is 0 Å². The molecule has 25 heavy (non-hydrogen) atoms. The summed E-state index contributed by atoms with van der Waals surface area (Å²) in [6.45, 7) is 6.42. The maximum absolute atomic E-state index is 13.1. The molecule has 1 aromatic carbocycles. The van der Waals surface area contributed by atoms with Gasteiger partial charge in [0.05, 0.1) is 12.7 Å². The standard InChI is InChI=1S/C19H24N2O4/c1-5-9-21(11-14-7-6-8-15(10-14)25-4)18(22)16-12(2)17(19(23)24)20-13(16)3/h6-8,10,20H,5,9,11H2,1-4H3,(H,23,24). The number of methoxy groups -OCH3 is 1. The van der Waals surface area contributed by atoms with Crippen LogP contribution in [0.15, 0.2) is 24.3 Å². The molecule has 1 amide bonds. The number of carboxylic acid groups (broad SMARTS) is 1. The lowest BCUT2D eigenvalue weighted by Crippen LogP contribution is -2.32. The van der Waals surface area contributed by atoms with Crippen LogP contribution in [-0.4, -0.2) is 40.5 Å². The van der Waals surface area contributed by atoms with Crippen LogP contribution in [0.3, 0.4) is 0 Å². The molecule has 0 atom stereocenters. The summed E-state index contributed by atoms with van der Waals surface area (Å²) in [5.74, 6) is -0.485. The molecule has 0 saturated carbocycles. The summed E-state index contributed by atoms with van der Waals surface area (Å²) in [4.78, 5) is 28.9. The molecule has 6 heteroatoms. The second-order valence-corrected chi connectivity index (χ2v) is 6.01. The number of H-pyrrole nitrogens is 1. The van der Waals surface area contributed by atoms with Gasteiger partial charge in [0.15, 0.2) is 0 Å². The molecule has 0 radical (unpaired) electrons. The Bertz CT molecular complexity index is 780. The number of benzene rings is 1. The average molecular weight is 344 g/mol. The normalized spacial score (nSPS) is 10.6. The third kappa shape index (κ3) is 4.02. The molecule has 2 rings (SSSR count). The van der Waals surface area contributed by atoms with Crippen molar-refractivity contribution in [1.29, 1.82) is 0 Å². The molecular weight excluding hydrogens is 320 g/mol. The van der Waals surface area contributed by atoms with Crippen molar-refractivity contribution in [3.05, 3.63) is 52.3 Å². The predicted octanol–water partition coefficient (Wildman–Crippen LogP) is 3.39. The minimum atomic E-state index is -1.06. The number of amides is 1. The maximum Gasteiger partial charge on any atom is 0.352 e. The molecule has 2 aromatic rings. The van der Waals surface area contributed by atoms with Crippen LogP contribution in [0.4, 0.5) is 0 Å². The van der Waals surface area contributed by atoms with E-state index in [1.165, 1.54) is 0 Å². The lowest BCUT2D eigenvalue weighted by molar-refractivity contribution is 0.0690. The number of nitrogens with zero attached hydrogens (tertiary/aromatic N) is 1. The lowest BCUT2D eigenvalue weighted by Gasteiger charge is -2.23. The number of aryl methyl sites for hydroxylation is 1. The SMILES string of the molecule is CCCN(Cc1cccc(OC)c1)C(=O)c1c(C)[nH]c(C(=O)O)c1C. The summed E-state index contributed by atoms with van der Waals surface area (Å²) in [5.41, 5.74) is 2.52. The summed E-state index contributed by atoms with van der Waals surface area (Å²) >= 11 is 0. The predicted molar refractivity (Wildman–Crippen MR) is 95.3 cm³/mol. The Kier molecular flexibility index (Phi) is 5.85. The van der Waals surface area contributed by atoms with Crippen molar-refractivity contribution in [2.45, 2.75) is 33.7 Å².